The third-order valence-electron chi connectivity index (χ3n) is 2.03. The van der Waals surface area contributed by atoms with Crippen LogP contribution in [0.15, 0.2) is 12.1 Å². The molecular weight excluding hydrogens is 174 g/mol. The van der Waals surface area contributed by atoms with Gasteiger partial charge >= 0.3 is 0 Å². The summed E-state index contributed by atoms with van der Waals surface area (Å²) in [7, 11) is 0. The summed E-state index contributed by atoms with van der Waals surface area (Å²) in [6, 6.07) is 2.27. The van der Waals surface area contributed by atoms with Gasteiger partial charge < -0.3 is 0 Å². The van der Waals surface area contributed by atoms with Crippen LogP contribution in [0.1, 0.15) is 12.6 Å². The Balaban J connectivity index is 2.77. The molecule has 2 nitrogen and oxygen atoms in total. The number of fused-ring (bicyclic) bond motifs is 1. The molecule has 2 aromatic rings. The highest BCUT2D eigenvalue weighted by Crippen LogP contribution is 2.19. The van der Waals surface area contributed by atoms with Crippen LogP contribution in [0.5, 0.6) is 0 Å². The van der Waals surface area contributed by atoms with Gasteiger partial charge in [-0.2, -0.15) is 5.10 Å². The highest BCUT2D eigenvalue weighted by Gasteiger charge is 2.08. The van der Waals surface area contributed by atoms with Crippen molar-refractivity contribution in [3.63, 3.8) is 0 Å². The van der Waals surface area contributed by atoms with Crippen molar-refractivity contribution in [1.29, 1.82) is 0 Å². The third kappa shape index (κ3) is 1.18. The monoisotopic (exact) mass is 182 g/mol. The molecule has 1 N–H and O–H groups in total. The molecule has 4 heteroatoms. The minimum atomic E-state index is -0.860. The molecule has 0 saturated carbocycles. The number of aryl methyl sites for hydroxylation is 1. The molecule has 1 aromatic carbocycles. The number of H-pyrrole nitrogens is 1. The fraction of sp³-hybridized carbons (Fsp3) is 0.222. The van der Waals surface area contributed by atoms with Crippen LogP contribution in [0.25, 0.3) is 10.9 Å². The predicted molar refractivity (Wildman–Crippen MR) is 45.4 cm³/mol. The lowest BCUT2D eigenvalue weighted by atomic mass is 10.2. The molecule has 1 aromatic heterocycles. The lowest BCUT2D eigenvalue weighted by molar-refractivity contribution is 0.511. The first kappa shape index (κ1) is 8.16. The van der Waals surface area contributed by atoms with E-state index in [-0.39, 0.29) is 0 Å². The Labute approximate surface area is 73.6 Å². The fourth-order valence-corrected chi connectivity index (χ4v) is 1.33. The van der Waals surface area contributed by atoms with Crippen molar-refractivity contribution in [2.24, 2.45) is 0 Å². The summed E-state index contributed by atoms with van der Waals surface area (Å²) in [4.78, 5) is 0. The van der Waals surface area contributed by atoms with Crippen molar-refractivity contribution in [1.82, 2.24) is 10.2 Å². The topological polar surface area (TPSA) is 28.7 Å². The summed E-state index contributed by atoms with van der Waals surface area (Å²) in [5.41, 5.74) is 1.30. The van der Waals surface area contributed by atoms with Crippen LogP contribution in [-0.4, -0.2) is 10.2 Å². The predicted octanol–water partition coefficient (Wildman–Crippen LogP) is 2.40. The minimum Gasteiger partial charge on any atom is -0.281 e. The van der Waals surface area contributed by atoms with Gasteiger partial charge in [0.1, 0.15) is 0 Å². The standard InChI is InChI=1S/C9H8F2N2/c1-2-8-5-3-6(10)7(11)4-9(5)13-12-8/h3-4H,2H2,1H3,(H,12,13). The van der Waals surface area contributed by atoms with Gasteiger partial charge in [-0.15, -0.1) is 0 Å². The Bertz CT molecular complexity index is 448. The summed E-state index contributed by atoms with van der Waals surface area (Å²) in [6.45, 7) is 1.92. The van der Waals surface area contributed by atoms with Gasteiger partial charge in [0.05, 0.1) is 5.52 Å². The first-order valence-corrected chi connectivity index (χ1v) is 4.04. The summed E-state index contributed by atoms with van der Waals surface area (Å²) in [5.74, 6) is -1.69. The van der Waals surface area contributed by atoms with E-state index in [4.69, 9.17) is 0 Å². The third-order valence-corrected chi connectivity index (χ3v) is 2.03. The Morgan fingerprint density at radius 2 is 2.00 bits per heavy atom. The average molecular weight is 182 g/mol. The van der Waals surface area contributed by atoms with Gasteiger partial charge in [0.15, 0.2) is 11.6 Å². The van der Waals surface area contributed by atoms with Crippen molar-refractivity contribution in [2.45, 2.75) is 13.3 Å². The zero-order valence-electron chi connectivity index (χ0n) is 7.06. The maximum atomic E-state index is 12.8. The van der Waals surface area contributed by atoms with Gasteiger partial charge in [0.25, 0.3) is 0 Å². The van der Waals surface area contributed by atoms with E-state index >= 15 is 0 Å². The maximum Gasteiger partial charge on any atom is 0.161 e. The second-order valence-electron chi connectivity index (χ2n) is 2.84. The first-order valence-electron chi connectivity index (χ1n) is 4.04. The first-order chi connectivity index (χ1) is 6.22. The lowest BCUT2D eigenvalue weighted by Crippen LogP contribution is -1.84. The summed E-state index contributed by atoms with van der Waals surface area (Å²) < 4.78 is 25.6. The summed E-state index contributed by atoms with van der Waals surface area (Å²) in [5, 5.41) is 7.25. The number of rotatable bonds is 1. The molecule has 0 fully saturated rings. The van der Waals surface area contributed by atoms with Gasteiger partial charge in [-0.3, -0.25) is 5.10 Å². The molecular formula is C9H8F2N2. The van der Waals surface area contributed by atoms with Crippen molar-refractivity contribution in [3.05, 3.63) is 29.5 Å². The molecule has 0 unspecified atom stereocenters. The number of nitrogens with one attached hydrogen (secondary N) is 1. The van der Waals surface area contributed by atoms with Crippen molar-refractivity contribution in [2.75, 3.05) is 0 Å². The Hall–Kier alpha value is -1.45. The molecule has 0 aliphatic heterocycles. The molecule has 1 heterocycles. The van der Waals surface area contributed by atoms with E-state index in [0.29, 0.717) is 10.9 Å². The highest BCUT2D eigenvalue weighted by molar-refractivity contribution is 5.81. The van der Waals surface area contributed by atoms with Crippen LogP contribution in [0.3, 0.4) is 0 Å². The van der Waals surface area contributed by atoms with E-state index < -0.39 is 11.6 Å². The molecule has 0 spiro atoms. The van der Waals surface area contributed by atoms with Crippen molar-refractivity contribution in [3.8, 4) is 0 Å². The van der Waals surface area contributed by atoms with Gasteiger partial charge in [-0.05, 0) is 12.5 Å². The molecule has 2 rings (SSSR count). The zero-order chi connectivity index (χ0) is 9.42. The zero-order valence-corrected chi connectivity index (χ0v) is 7.06. The molecule has 0 saturated heterocycles. The van der Waals surface area contributed by atoms with Crippen LogP contribution in [0.2, 0.25) is 0 Å². The fourth-order valence-electron chi connectivity index (χ4n) is 1.33. The number of aromatic nitrogens is 2. The number of halogens is 2. The Morgan fingerprint density at radius 3 is 2.69 bits per heavy atom. The minimum absolute atomic E-state index is 0.468. The maximum absolute atomic E-state index is 12.8. The van der Waals surface area contributed by atoms with E-state index in [9.17, 15) is 8.78 Å². The van der Waals surface area contributed by atoms with E-state index in [1.807, 2.05) is 6.92 Å². The second-order valence-corrected chi connectivity index (χ2v) is 2.84. The number of nitrogens with zero attached hydrogens (tertiary/aromatic N) is 1. The van der Waals surface area contributed by atoms with Crippen LogP contribution in [-0.2, 0) is 6.42 Å². The molecule has 0 radical (unpaired) electrons. The van der Waals surface area contributed by atoms with Gasteiger partial charge in [0, 0.05) is 17.1 Å². The Kier molecular flexibility index (Phi) is 1.76. The number of aromatic amines is 1. The summed E-state index contributed by atoms with van der Waals surface area (Å²) in [6.07, 6.45) is 0.724. The Morgan fingerprint density at radius 1 is 1.31 bits per heavy atom. The number of hydrogen-bond acceptors (Lipinski definition) is 1. The quantitative estimate of drug-likeness (QED) is 0.720. The number of benzene rings is 1. The normalized spacial score (nSPS) is 11.0. The molecule has 0 bridgehead atoms. The molecule has 13 heavy (non-hydrogen) atoms. The molecule has 0 aliphatic carbocycles. The molecule has 0 atom stereocenters. The van der Waals surface area contributed by atoms with Crippen LogP contribution < -0.4 is 0 Å². The summed E-state index contributed by atoms with van der Waals surface area (Å²) >= 11 is 0. The van der Waals surface area contributed by atoms with Gasteiger partial charge in [-0.1, -0.05) is 6.92 Å². The average Bonchev–Trinajstić information content (AvgIpc) is 2.48. The van der Waals surface area contributed by atoms with Gasteiger partial charge in [0.2, 0.25) is 0 Å². The van der Waals surface area contributed by atoms with Crippen molar-refractivity contribution < 1.29 is 8.78 Å². The van der Waals surface area contributed by atoms with Crippen LogP contribution in [0, 0.1) is 11.6 Å². The van der Waals surface area contributed by atoms with E-state index in [1.54, 1.807) is 0 Å². The molecule has 0 aliphatic rings. The lowest BCUT2D eigenvalue weighted by Gasteiger charge is -1.93. The molecule has 0 amide bonds. The van der Waals surface area contributed by atoms with Crippen LogP contribution in [0.4, 0.5) is 8.78 Å². The van der Waals surface area contributed by atoms with Gasteiger partial charge in [-0.25, -0.2) is 8.78 Å². The van der Waals surface area contributed by atoms with E-state index in [0.717, 1.165) is 18.2 Å². The largest absolute Gasteiger partial charge is 0.281 e. The molecule has 68 valence electrons. The smallest absolute Gasteiger partial charge is 0.161 e. The van der Waals surface area contributed by atoms with E-state index in [1.165, 1.54) is 6.07 Å². The highest BCUT2D eigenvalue weighted by atomic mass is 19.2. The van der Waals surface area contributed by atoms with Crippen molar-refractivity contribution >= 4 is 10.9 Å². The number of hydrogen-bond donors (Lipinski definition) is 1. The SMILES string of the molecule is CCc1[nH]nc2cc(F)c(F)cc12. The van der Waals surface area contributed by atoms with E-state index in [2.05, 4.69) is 10.2 Å². The second kappa shape index (κ2) is 2.80. The van der Waals surface area contributed by atoms with Crippen LogP contribution >= 0.6 is 0 Å².